The third kappa shape index (κ3) is 4.44. The molecule has 2 N–H and O–H groups in total. The molecule has 0 bridgehead atoms. The molecule has 0 radical (unpaired) electrons. The molecule has 0 aliphatic rings. The van der Waals surface area contributed by atoms with Crippen LogP contribution < -0.4 is 15.4 Å². The summed E-state index contributed by atoms with van der Waals surface area (Å²) in [6.07, 6.45) is 1.55. The Bertz CT molecular complexity index is 626. The molecule has 1 aromatic heterocycles. The summed E-state index contributed by atoms with van der Waals surface area (Å²) in [6, 6.07) is 9.11. The van der Waals surface area contributed by atoms with E-state index in [2.05, 4.69) is 20.6 Å². The summed E-state index contributed by atoms with van der Waals surface area (Å²) in [5, 5.41) is 5.86. The SMILES string of the molecule is CCOc1ccc(Nc2nccc(C(=O)NC(C)C)n2)cc1. The van der Waals surface area contributed by atoms with Crippen molar-refractivity contribution in [1.82, 2.24) is 15.3 Å². The molecule has 0 atom stereocenters. The largest absolute Gasteiger partial charge is 0.494 e. The van der Waals surface area contributed by atoms with Crippen molar-refractivity contribution in [2.45, 2.75) is 26.8 Å². The van der Waals surface area contributed by atoms with Crippen LogP contribution in [-0.4, -0.2) is 28.5 Å². The van der Waals surface area contributed by atoms with E-state index in [0.717, 1.165) is 11.4 Å². The van der Waals surface area contributed by atoms with Crippen molar-refractivity contribution in [3.05, 3.63) is 42.2 Å². The summed E-state index contributed by atoms with van der Waals surface area (Å²) in [5.74, 6) is 0.965. The molecule has 0 aliphatic carbocycles. The Morgan fingerprint density at radius 2 is 1.95 bits per heavy atom. The van der Waals surface area contributed by atoms with E-state index in [1.807, 2.05) is 45.0 Å². The zero-order valence-corrected chi connectivity index (χ0v) is 13.0. The first kappa shape index (κ1) is 15.8. The van der Waals surface area contributed by atoms with Gasteiger partial charge in [-0.3, -0.25) is 4.79 Å². The minimum atomic E-state index is -0.216. The number of hydrogen-bond acceptors (Lipinski definition) is 5. The molecule has 1 aromatic carbocycles. The Morgan fingerprint density at radius 1 is 1.23 bits per heavy atom. The second-order valence-electron chi connectivity index (χ2n) is 4.98. The molecular formula is C16H20N4O2. The van der Waals surface area contributed by atoms with E-state index in [0.29, 0.717) is 18.2 Å². The maximum absolute atomic E-state index is 11.9. The van der Waals surface area contributed by atoms with E-state index in [1.165, 1.54) is 0 Å². The summed E-state index contributed by atoms with van der Waals surface area (Å²) in [4.78, 5) is 20.3. The molecule has 0 saturated carbocycles. The molecule has 0 unspecified atom stereocenters. The summed E-state index contributed by atoms with van der Waals surface area (Å²) >= 11 is 0. The van der Waals surface area contributed by atoms with Gasteiger partial charge in [0.05, 0.1) is 6.61 Å². The number of carbonyl (C=O) groups excluding carboxylic acids is 1. The lowest BCUT2D eigenvalue weighted by atomic mass is 10.3. The minimum absolute atomic E-state index is 0.0602. The van der Waals surface area contributed by atoms with Gasteiger partial charge in [0.25, 0.3) is 5.91 Å². The number of amides is 1. The van der Waals surface area contributed by atoms with Crippen molar-refractivity contribution in [2.75, 3.05) is 11.9 Å². The highest BCUT2D eigenvalue weighted by Gasteiger charge is 2.09. The quantitative estimate of drug-likeness (QED) is 0.858. The fourth-order valence-corrected chi connectivity index (χ4v) is 1.81. The average Bonchev–Trinajstić information content (AvgIpc) is 2.49. The third-order valence-corrected chi connectivity index (χ3v) is 2.73. The van der Waals surface area contributed by atoms with E-state index in [-0.39, 0.29) is 11.9 Å². The Hall–Kier alpha value is -2.63. The molecule has 1 amide bonds. The lowest BCUT2D eigenvalue weighted by Crippen LogP contribution is -2.30. The van der Waals surface area contributed by atoms with Gasteiger partial charge in [-0.1, -0.05) is 0 Å². The van der Waals surface area contributed by atoms with Crippen molar-refractivity contribution < 1.29 is 9.53 Å². The molecule has 0 fully saturated rings. The molecule has 2 rings (SSSR count). The van der Waals surface area contributed by atoms with Crippen LogP contribution in [0.1, 0.15) is 31.3 Å². The third-order valence-electron chi connectivity index (χ3n) is 2.73. The highest BCUT2D eigenvalue weighted by atomic mass is 16.5. The zero-order valence-electron chi connectivity index (χ0n) is 13.0. The van der Waals surface area contributed by atoms with Crippen LogP contribution >= 0.6 is 0 Å². The molecule has 116 valence electrons. The minimum Gasteiger partial charge on any atom is -0.494 e. The van der Waals surface area contributed by atoms with Gasteiger partial charge in [-0.05, 0) is 51.1 Å². The van der Waals surface area contributed by atoms with Gasteiger partial charge >= 0.3 is 0 Å². The van der Waals surface area contributed by atoms with Gasteiger partial charge in [-0.25, -0.2) is 9.97 Å². The second-order valence-corrected chi connectivity index (χ2v) is 4.98. The van der Waals surface area contributed by atoms with Gasteiger partial charge < -0.3 is 15.4 Å². The summed E-state index contributed by atoms with van der Waals surface area (Å²) in [5.41, 5.74) is 1.15. The van der Waals surface area contributed by atoms with Gasteiger partial charge in [-0.15, -0.1) is 0 Å². The number of carbonyl (C=O) groups is 1. The maximum Gasteiger partial charge on any atom is 0.270 e. The van der Waals surface area contributed by atoms with Crippen LogP contribution in [0.4, 0.5) is 11.6 Å². The van der Waals surface area contributed by atoms with Crippen LogP contribution in [-0.2, 0) is 0 Å². The van der Waals surface area contributed by atoms with Crippen molar-refractivity contribution in [3.8, 4) is 5.75 Å². The van der Waals surface area contributed by atoms with Gasteiger partial charge in [0.1, 0.15) is 11.4 Å². The molecule has 0 aliphatic heterocycles. The number of anilines is 2. The van der Waals surface area contributed by atoms with Crippen LogP contribution in [0.3, 0.4) is 0 Å². The van der Waals surface area contributed by atoms with Gasteiger partial charge in [0.15, 0.2) is 0 Å². The fourth-order valence-electron chi connectivity index (χ4n) is 1.81. The molecule has 2 aromatic rings. The molecule has 6 heteroatoms. The van der Waals surface area contributed by atoms with E-state index in [9.17, 15) is 4.79 Å². The normalized spacial score (nSPS) is 10.4. The number of ether oxygens (including phenoxy) is 1. The topological polar surface area (TPSA) is 76.1 Å². The number of benzene rings is 1. The highest BCUT2D eigenvalue weighted by Crippen LogP contribution is 2.18. The van der Waals surface area contributed by atoms with E-state index < -0.39 is 0 Å². The fraction of sp³-hybridized carbons (Fsp3) is 0.312. The molecule has 6 nitrogen and oxygen atoms in total. The Morgan fingerprint density at radius 3 is 2.59 bits per heavy atom. The Kier molecular flexibility index (Phi) is 5.30. The number of rotatable bonds is 6. The summed E-state index contributed by atoms with van der Waals surface area (Å²) in [6.45, 7) is 6.37. The first-order valence-corrected chi connectivity index (χ1v) is 7.22. The summed E-state index contributed by atoms with van der Waals surface area (Å²) in [7, 11) is 0. The molecule has 1 heterocycles. The lowest BCUT2D eigenvalue weighted by molar-refractivity contribution is 0.0938. The standard InChI is InChI=1S/C16H20N4O2/c1-4-22-13-7-5-12(6-8-13)19-16-17-10-9-14(20-16)15(21)18-11(2)3/h5-11H,4H2,1-3H3,(H,18,21)(H,17,19,20). The first-order chi connectivity index (χ1) is 10.6. The average molecular weight is 300 g/mol. The van der Waals surface area contributed by atoms with Crippen molar-refractivity contribution in [2.24, 2.45) is 0 Å². The predicted molar refractivity (Wildman–Crippen MR) is 85.5 cm³/mol. The molecule has 22 heavy (non-hydrogen) atoms. The monoisotopic (exact) mass is 300 g/mol. The number of nitrogens with one attached hydrogen (secondary N) is 2. The van der Waals surface area contributed by atoms with Crippen LogP contribution in [0.5, 0.6) is 5.75 Å². The van der Waals surface area contributed by atoms with Crippen molar-refractivity contribution in [3.63, 3.8) is 0 Å². The number of nitrogens with zero attached hydrogens (tertiary/aromatic N) is 2. The number of aromatic nitrogens is 2. The van der Waals surface area contributed by atoms with Gasteiger partial charge in [-0.2, -0.15) is 0 Å². The maximum atomic E-state index is 11.9. The molecular weight excluding hydrogens is 280 g/mol. The van der Waals surface area contributed by atoms with Gasteiger partial charge in [0, 0.05) is 17.9 Å². The Labute approximate surface area is 129 Å². The van der Waals surface area contributed by atoms with E-state index >= 15 is 0 Å². The molecule has 0 saturated heterocycles. The predicted octanol–water partition coefficient (Wildman–Crippen LogP) is 2.76. The number of hydrogen-bond donors (Lipinski definition) is 2. The lowest BCUT2D eigenvalue weighted by Gasteiger charge is -2.09. The van der Waals surface area contributed by atoms with Gasteiger partial charge in [0.2, 0.25) is 5.95 Å². The summed E-state index contributed by atoms with van der Waals surface area (Å²) < 4.78 is 5.39. The zero-order chi connectivity index (χ0) is 15.9. The van der Waals surface area contributed by atoms with Crippen LogP contribution in [0.2, 0.25) is 0 Å². The van der Waals surface area contributed by atoms with Crippen LogP contribution in [0.25, 0.3) is 0 Å². The Balaban J connectivity index is 2.08. The van der Waals surface area contributed by atoms with Crippen LogP contribution in [0, 0.1) is 0 Å². The molecule has 0 spiro atoms. The van der Waals surface area contributed by atoms with Crippen molar-refractivity contribution >= 4 is 17.5 Å². The van der Waals surface area contributed by atoms with Crippen LogP contribution in [0.15, 0.2) is 36.5 Å². The first-order valence-electron chi connectivity index (χ1n) is 7.22. The smallest absolute Gasteiger partial charge is 0.270 e. The van der Waals surface area contributed by atoms with Crippen molar-refractivity contribution in [1.29, 1.82) is 0 Å². The van der Waals surface area contributed by atoms with E-state index in [4.69, 9.17) is 4.74 Å². The van der Waals surface area contributed by atoms with E-state index in [1.54, 1.807) is 12.3 Å². The second kappa shape index (κ2) is 7.40. The highest BCUT2D eigenvalue weighted by molar-refractivity contribution is 5.92.